The van der Waals surface area contributed by atoms with Crippen molar-refractivity contribution in [2.24, 2.45) is 0 Å². The second kappa shape index (κ2) is 18.1. The molecule has 2 N–H and O–H groups in total. The summed E-state index contributed by atoms with van der Waals surface area (Å²) >= 11 is 0. The van der Waals surface area contributed by atoms with Crippen molar-refractivity contribution < 1.29 is 41.0 Å². The van der Waals surface area contributed by atoms with Gasteiger partial charge in [-0.1, -0.05) is 29.8 Å². The minimum atomic E-state index is -3.76. The van der Waals surface area contributed by atoms with E-state index < -0.39 is 10.1 Å². The van der Waals surface area contributed by atoms with Gasteiger partial charge in [0.05, 0.1) is 83.3 Å². The Bertz CT molecular complexity index is 939. The quantitative estimate of drug-likeness (QED) is 0.147. The molecule has 0 heterocycles. The zero-order valence-corrected chi connectivity index (χ0v) is 21.6. The maximum absolute atomic E-state index is 12.0. The van der Waals surface area contributed by atoms with Crippen LogP contribution in [0.5, 0.6) is 5.75 Å². The third kappa shape index (κ3) is 13.2. The summed E-state index contributed by atoms with van der Waals surface area (Å²) in [6.07, 6.45) is 0. The lowest BCUT2D eigenvalue weighted by Crippen LogP contribution is -2.15. The molecule has 0 saturated carbocycles. The summed E-state index contributed by atoms with van der Waals surface area (Å²) in [6, 6.07) is 13.8. The topological polar surface area (TPSA) is 125 Å². The number of hydrogen-bond acceptors (Lipinski definition) is 10. The first kappa shape index (κ1) is 30.0. The SMILES string of the molecule is Cc1ccc(S(=O)(=O)OCCOCCOCCOCCOCCOCCOc2ccccc2N)cc1. The Morgan fingerprint density at radius 1 is 0.611 bits per heavy atom. The summed E-state index contributed by atoms with van der Waals surface area (Å²) < 4.78 is 61.6. The average molecular weight is 528 g/mol. The summed E-state index contributed by atoms with van der Waals surface area (Å²) in [4.78, 5) is 0.131. The lowest BCUT2D eigenvalue weighted by molar-refractivity contribution is -0.0140. The number of nitrogen functional groups attached to an aromatic ring is 1. The van der Waals surface area contributed by atoms with Crippen LogP contribution in [0, 0.1) is 6.92 Å². The summed E-state index contributed by atoms with van der Waals surface area (Å²) in [7, 11) is -3.76. The van der Waals surface area contributed by atoms with E-state index in [4.69, 9.17) is 38.3 Å². The van der Waals surface area contributed by atoms with Crippen molar-refractivity contribution in [3.05, 3.63) is 54.1 Å². The first-order valence-electron chi connectivity index (χ1n) is 11.8. The highest BCUT2D eigenvalue weighted by Crippen LogP contribution is 2.19. The van der Waals surface area contributed by atoms with E-state index in [2.05, 4.69) is 0 Å². The largest absolute Gasteiger partial charge is 0.489 e. The Kier molecular flexibility index (Phi) is 15.0. The molecule has 36 heavy (non-hydrogen) atoms. The van der Waals surface area contributed by atoms with Crippen molar-refractivity contribution in [1.29, 1.82) is 0 Å². The third-order valence-corrected chi connectivity index (χ3v) is 5.99. The van der Waals surface area contributed by atoms with Crippen LogP contribution >= 0.6 is 0 Å². The van der Waals surface area contributed by atoms with Crippen LogP contribution in [-0.2, 0) is 38.0 Å². The van der Waals surface area contributed by atoms with Crippen LogP contribution in [0.25, 0.3) is 0 Å². The standard InChI is InChI=1S/C25H37NO9S/c1-22-6-8-23(9-7-22)36(27,28)35-21-19-33-17-15-31-13-11-29-10-12-30-14-16-32-18-20-34-25-5-3-2-4-24(25)26/h2-9H,10-21,26H2,1H3. The summed E-state index contributed by atoms with van der Waals surface area (Å²) in [6.45, 7) is 6.31. The molecule has 10 nitrogen and oxygen atoms in total. The number of rotatable bonds is 21. The van der Waals surface area contributed by atoms with E-state index in [1.165, 1.54) is 12.1 Å². The van der Waals surface area contributed by atoms with Gasteiger partial charge in [0.25, 0.3) is 10.1 Å². The number of ether oxygens (including phenoxy) is 6. The zero-order valence-electron chi connectivity index (χ0n) is 20.8. The lowest BCUT2D eigenvalue weighted by Gasteiger charge is -2.09. The van der Waals surface area contributed by atoms with Gasteiger partial charge in [0.15, 0.2) is 0 Å². The zero-order chi connectivity index (χ0) is 25.9. The van der Waals surface area contributed by atoms with Crippen molar-refractivity contribution in [1.82, 2.24) is 0 Å². The molecule has 202 valence electrons. The van der Waals surface area contributed by atoms with Gasteiger partial charge in [-0.05, 0) is 31.2 Å². The van der Waals surface area contributed by atoms with E-state index in [-0.39, 0.29) is 18.1 Å². The van der Waals surface area contributed by atoms with Crippen LogP contribution in [0.4, 0.5) is 5.69 Å². The fourth-order valence-electron chi connectivity index (χ4n) is 2.78. The number of benzene rings is 2. The molecule has 2 aromatic rings. The highest BCUT2D eigenvalue weighted by molar-refractivity contribution is 7.86. The van der Waals surface area contributed by atoms with Crippen LogP contribution < -0.4 is 10.5 Å². The van der Waals surface area contributed by atoms with Gasteiger partial charge >= 0.3 is 0 Å². The lowest BCUT2D eigenvalue weighted by atomic mass is 10.2. The third-order valence-electron chi connectivity index (χ3n) is 4.67. The van der Waals surface area contributed by atoms with Gasteiger partial charge in [0.2, 0.25) is 0 Å². The van der Waals surface area contributed by atoms with E-state index in [9.17, 15) is 8.42 Å². The predicted octanol–water partition coefficient (Wildman–Crippen LogP) is 2.44. The van der Waals surface area contributed by atoms with E-state index >= 15 is 0 Å². The number of hydrogen-bond donors (Lipinski definition) is 1. The van der Waals surface area contributed by atoms with Crippen LogP contribution in [0.2, 0.25) is 0 Å². The molecule has 2 aromatic carbocycles. The van der Waals surface area contributed by atoms with Crippen molar-refractivity contribution in [2.45, 2.75) is 11.8 Å². The highest BCUT2D eigenvalue weighted by atomic mass is 32.2. The van der Waals surface area contributed by atoms with Gasteiger partial charge < -0.3 is 34.2 Å². The van der Waals surface area contributed by atoms with Gasteiger partial charge in [-0.3, -0.25) is 4.18 Å². The van der Waals surface area contributed by atoms with Crippen LogP contribution in [0.15, 0.2) is 53.4 Å². The number of anilines is 1. The van der Waals surface area contributed by atoms with Crippen molar-refractivity contribution >= 4 is 15.8 Å². The number of para-hydroxylation sites is 2. The van der Waals surface area contributed by atoms with Gasteiger partial charge in [-0.15, -0.1) is 0 Å². The normalized spacial score (nSPS) is 11.6. The van der Waals surface area contributed by atoms with Crippen molar-refractivity contribution in [3.8, 4) is 5.75 Å². The second-order valence-corrected chi connectivity index (χ2v) is 9.15. The Balaban J connectivity index is 1.29. The molecule has 0 unspecified atom stereocenters. The molecule has 0 bridgehead atoms. The molecule has 0 saturated heterocycles. The van der Waals surface area contributed by atoms with Crippen molar-refractivity contribution in [3.63, 3.8) is 0 Å². The van der Waals surface area contributed by atoms with E-state index in [1.807, 2.05) is 25.1 Å². The molecule has 0 radical (unpaired) electrons. The first-order valence-corrected chi connectivity index (χ1v) is 13.2. The fraction of sp³-hybridized carbons (Fsp3) is 0.520. The molecule has 0 aliphatic rings. The minimum Gasteiger partial charge on any atom is -0.489 e. The molecule has 11 heteroatoms. The minimum absolute atomic E-state index is 0.0546. The molecule has 0 aliphatic heterocycles. The Morgan fingerprint density at radius 2 is 1.06 bits per heavy atom. The van der Waals surface area contributed by atoms with E-state index in [0.29, 0.717) is 77.5 Å². The number of nitrogens with two attached hydrogens (primary N) is 1. The Labute approximate surface area is 213 Å². The molecule has 2 rings (SSSR count). The van der Waals surface area contributed by atoms with Gasteiger partial charge in [0.1, 0.15) is 12.4 Å². The van der Waals surface area contributed by atoms with E-state index in [0.717, 1.165) is 5.56 Å². The molecular formula is C25H37NO9S. The van der Waals surface area contributed by atoms with Gasteiger partial charge in [0, 0.05) is 0 Å². The molecule has 0 aromatic heterocycles. The molecule has 0 atom stereocenters. The van der Waals surface area contributed by atoms with E-state index in [1.54, 1.807) is 18.2 Å². The Morgan fingerprint density at radius 3 is 1.56 bits per heavy atom. The van der Waals surface area contributed by atoms with Crippen LogP contribution in [-0.4, -0.2) is 87.7 Å². The van der Waals surface area contributed by atoms with Crippen LogP contribution in [0.1, 0.15) is 5.56 Å². The molecule has 0 fully saturated rings. The number of aryl methyl sites for hydroxylation is 1. The smallest absolute Gasteiger partial charge is 0.297 e. The van der Waals surface area contributed by atoms with Gasteiger partial charge in [-0.25, -0.2) is 0 Å². The molecule has 0 spiro atoms. The monoisotopic (exact) mass is 527 g/mol. The molecule has 0 amide bonds. The Hall–Kier alpha value is -2.25. The van der Waals surface area contributed by atoms with Crippen LogP contribution in [0.3, 0.4) is 0 Å². The summed E-state index contributed by atoms with van der Waals surface area (Å²) in [5.41, 5.74) is 7.38. The van der Waals surface area contributed by atoms with Crippen molar-refractivity contribution in [2.75, 3.05) is 85.0 Å². The average Bonchev–Trinajstić information content (AvgIpc) is 2.86. The maximum atomic E-state index is 12.0. The summed E-state index contributed by atoms with van der Waals surface area (Å²) in [5, 5.41) is 0. The molecular weight excluding hydrogens is 490 g/mol. The van der Waals surface area contributed by atoms with Gasteiger partial charge in [-0.2, -0.15) is 8.42 Å². The summed E-state index contributed by atoms with van der Waals surface area (Å²) in [5.74, 6) is 0.655. The predicted molar refractivity (Wildman–Crippen MR) is 135 cm³/mol. The maximum Gasteiger partial charge on any atom is 0.297 e. The highest BCUT2D eigenvalue weighted by Gasteiger charge is 2.14. The second-order valence-electron chi connectivity index (χ2n) is 7.54. The molecule has 0 aliphatic carbocycles. The fourth-order valence-corrected chi connectivity index (χ4v) is 3.67. The first-order chi connectivity index (χ1) is 17.5.